The molecule has 24 heavy (non-hydrogen) atoms. The molecule has 1 heterocycles. The highest BCUT2D eigenvalue weighted by atomic mass is 35.5. The summed E-state index contributed by atoms with van der Waals surface area (Å²) >= 11 is 5.86. The molecule has 0 bridgehead atoms. The summed E-state index contributed by atoms with van der Waals surface area (Å²) in [4.78, 5) is 32.3. The van der Waals surface area contributed by atoms with Crippen LogP contribution in [0, 0.1) is 16.0 Å². The molecule has 1 aliphatic carbocycles. The van der Waals surface area contributed by atoms with Crippen molar-refractivity contribution in [2.45, 2.75) is 51.6 Å². The minimum absolute atomic E-state index is 0.0417. The van der Waals surface area contributed by atoms with Crippen molar-refractivity contribution >= 4 is 29.1 Å². The number of carbonyl (C=O) groups excluding carboxylic acids is 1. The van der Waals surface area contributed by atoms with Gasteiger partial charge in [0, 0.05) is 6.04 Å². The number of esters is 1. The topological polar surface area (TPSA) is 98.5 Å². The van der Waals surface area contributed by atoms with Crippen LogP contribution in [0.25, 0.3) is 0 Å². The Hall–Kier alpha value is -1.96. The predicted octanol–water partition coefficient (Wildman–Crippen LogP) is 2.98. The maximum atomic E-state index is 12.1. The van der Waals surface area contributed by atoms with Crippen LogP contribution < -0.4 is 4.90 Å². The summed E-state index contributed by atoms with van der Waals surface area (Å²) in [6, 6.07) is -0.752. The van der Waals surface area contributed by atoms with Crippen molar-refractivity contribution in [2.75, 3.05) is 12.0 Å². The third-order valence-corrected chi connectivity index (χ3v) is 4.68. The average molecular weight is 357 g/mol. The van der Waals surface area contributed by atoms with Gasteiger partial charge in [0.15, 0.2) is 0 Å². The van der Waals surface area contributed by atoms with Gasteiger partial charge >= 0.3 is 11.7 Å². The van der Waals surface area contributed by atoms with E-state index in [1.807, 2.05) is 0 Å². The molecule has 1 unspecified atom stereocenters. The summed E-state index contributed by atoms with van der Waals surface area (Å²) in [5, 5.41) is 11.3. The Morgan fingerprint density at radius 1 is 1.46 bits per heavy atom. The fourth-order valence-electron chi connectivity index (χ4n) is 3.14. The number of rotatable bonds is 5. The highest BCUT2D eigenvalue weighted by Crippen LogP contribution is 2.35. The second-order valence-electron chi connectivity index (χ2n) is 6.13. The Morgan fingerprint density at radius 3 is 2.62 bits per heavy atom. The first kappa shape index (κ1) is 18.4. The standard InChI is InChI=1S/C15H21ClN4O4/c1-9-4-6-11(7-5-9)19(10(2)14(21)24-3)13-12(20(22)23)8-17-15(16)18-13/h8-11H,4-7H2,1-3H3. The van der Waals surface area contributed by atoms with Gasteiger partial charge in [-0.1, -0.05) is 6.92 Å². The van der Waals surface area contributed by atoms with Crippen molar-refractivity contribution in [3.8, 4) is 0 Å². The van der Waals surface area contributed by atoms with E-state index < -0.39 is 16.9 Å². The van der Waals surface area contributed by atoms with Gasteiger partial charge in [0.05, 0.1) is 12.0 Å². The molecule has 132 valence electrons. The van der Waals surface area contributed by atoms with Gasteiger partial charge in [-0.25, -0.2) is 9.78 Å². The van der Waals surface area contributed by atoms with Crippen LogP contribution in [0.2, 0.25) is 5.28 Å². The molecule has 1 aromatic rings. The summed E-state index contributed by atoms with van der Waals surface area (Å²) in [6.07, 6.45) is 4.69. The first-order chi connectivity index (χ1) is 11.3. The molecule has 0 aromatic carbocycles. The minimum atomic E-state index is -0.710. The third kappa shape index (κ3) is 3.92. The van der Waals surface area contributed by atoms with E-state index in [9.17, 15) is 14.9 Å². The zero-order valence-electron chi connectivity index (χ0n) is 13.9. The van der Waals surface area contributed by atoms with E-state index in [1.54, 1.807) is 11.8 Å². The molecule has 0 amide bonds. The van der Waals surface area contributed by atoms with Crippen LogP contribution in [-0.4, -0.2) is 40.1 Å². The predicted molar refractivity (Wildman–Crippen MR) is 89.1 cm³/mol. The normalized spacial score (nSPS) is 21.8. The second-order valence-corrected chi connectivity index (χ2v) is 6.46. The zero-order valence-corrected chi connectivity index (χ0v) is 14.7. The van der Waals surface area contributed by atoms with Crippen molar-refractivity contribution in [3.05, 3.63) is 21.6 Å². The van der Waals surface area contributed by atoms with Gasteiger partial charge < -0.3 is 9.64 Å². The Kier molecular flexibility index (Phi) is 5.93. The van der Waals surface area contributed by atoms with Crippen LogP contribution in [0.4, 0.5) is 11.5 Å². The number of hydrogen-bond acceptors (Lipinski definition) is 7. The van der Waals surface area contributed by atoms with E-state index in [4.69, 9.17) is 16.3 Å². The van der Waals surface area contributed by atoms with Gasteiger partial charge in [0.25, 0.3) is 0 Å². The molecule has 1 fully saturated rings. The Bertz CT molecular complexity index is 619. The van der Waals surface area contributed by atoms with Crippen LogP contribution in [0.15, 0.2) is 6.20 Å². The fourth-order valence-corrected chi connectivity index (χ4v) is 3.27. The van der Waals surface area contributed by atoms with Crippen LogP contribution in [-0.2, 0) is 9.53 Å². The molecule has 2 rings (SSSR count). The largest absolute Gasteiger partial charge is 0.467 e. The molecule has 1 saturated carbocycles. The number of halogens is 1. The van der Waals surface area contributed by atoms with Crippen molar-refractivity contribution in [2.24, 2.45) is 5.92 Å². The molecule has 8 nitrogen and oxygen atoms in total. The van der Waals surface area contributed by atoms with Crippen molar-refractivity contribution in [3.63, 3.8) is 0 Å². The van der Waals surface area contributed by atoms with Crippen LogP contribution in [0.1, 0.15) is 39.5 Å². The van der Waals surface area contributed by atoms with Gasteiger partial charge in [-0.3, -0.25) is 10.1 Å². The van der Waals surface area contributed by atoms with Crippen molar-refractivity contribution < 1.29 is 14.5 Å². The summed E-state index contributed by atoms with van der Waals surface area (Å²) < 4.78 is 4.83. The van der Waals surface area contributed by atoms with Crippen molar-refractivity contribution in [1.29, 1.82) is 0 Å². The van der Waals surface area contributed by atoms with Crippen LogP contribution >= 0.6 is 11.6 Å². The number of aromatic nitrogens is 2. The monoisotopic (exact) mass is 356 g/mol. The Morgan fingerprint density at radius 2 is 2.08 bits per heavy atom. The highest BCUT2D eigenvalue weighted by molar-refractivity contribution is 6.28. The number of anilines is 1. The molecule has 9 heteroatoms. The number of ether oxygens (including phenoxy) is 1. The molecular formula is C15H21ClN4O4. The number of methoxy groups -OCH3 is 1. The maximum Gasteiger partial charge on any atom is 0.329 e. The van der Waals surface area contributed by atoms with Crippen LogP contribution in [0.3, 0.4) is 0 Å². The molecular weight excluding hydrogens is 336 g/mol. The first-order valence-corrected chi connectivity index (χ1v) is 8.26. The van der Waals surface area contributed by atoms with Gasteiger partial charge in [-0.05, 0) is 50.1 Å². The van der Waals surface area contributed by atoms with E-state index in [1.165, 1.54) is 7.11 Å². The van der Waals surface area contributed by atoms with E-state index >= 15 is 0 Å². The minimum Gasteiger partial charge on any atom is -0.467 e. The molecule has 1 atom stereocenters. The zero-order chi connectivity index (χ0) is 17.9. The van der Waals surface area contributed by atoms with E-state index in [2.05, 4.69) is 16.9 Å². The fraction of sp³-hybridized carbons (Fsp3) is 0.667. The summed E-state index contributed by atoms with van der Waals surface area (Å²) in [6.45, 7) is 3.83. The summed E-state index contributed by atoms with van der Waals surface area (Å²) in [5.41, 5.74) is -0.270. The SMILES string of the molecule is COC(=O)C(C)N(c1nc(Cl)ncc1[N+](=O)[O-])C1CCC(C)CC1. The molecule has 0 spiro atoms. The maximum absolute atomic E-state index is 12.1. The van der Waals surface area contributed by atoms with Gasteiger partial charge in [-0.2, -0.15) is 4.98 Å². The molecule has 0 radical (unpaired) electrons. The lowest BCUT2D eigenvalue weighted by Crippen LogP contribution is -2.48. The number of hydrogen-bond donors (Lipinski definition) is 0. The molecule has 1 aliphatic rings. The number of carbonyl (C=O) groups is 1. The molecule has 1 aromatic heterocycles. The van der Waals surface area contributed by atoms with Gasteiger partial charge in [0.2, 0.25) is 11.1 Å². The van der Waals surface area contributed by atoms with Gasteiger partial charge in [0.1, 0.15) is 12.2 Å². The Balaban J connectivity index is 2.48. The first-order valence-electron chi connectivity index (χ1n) is 7.88. The lowest BCUT2D eigenvalue weighted by molar-refractivity contribution is -0.384. The third-order valence-electron chi connectivity index (χ3n) is 4.50. The Labute approximate surface area is 145 Å². The highest BCUT2D eigenvalue weighted by Gasteiger charge is 2.36. The smallest absolute Gasteiger partial charge is 0.329 e. The van der Waals surface area contributed by atoms with E-state index in [-0.39, 0.29) is 22.8 Å². The van der Waals surface area contributed by atoms with Crippen LogP contribution in [0.5, 0.6) is 0 Å². The quantitative estimate of drug-likeness (QED) is 0.346. The summed E-state index contributed by atoms with van der Waals surface area (Å²) in [7, 11) is 1.29. The molecule has 0 saturated heterocycles. The number of nitro groups is 1. The second kappa shape index (κ2) is 7.74. The summed E-state index contributed by atoms with van der Waals surface area (Å²) in [5.74, 6) is 0.190. The van der Waals surface area contributed by atoms with Crippen molar-refractivity contribution in [1.82, 2.24) is 9.97 Å². The molecule has 0 aliphatic heterocycles. The number of nitrogens with zero attached hydrogens (tertiary/aromatic N) is 4. The lowest BCUT2D eigenvalue weighted by Gasteiger charge is -2.39. The lowest BCUT2D eigenvalue weighted by atomic mass is 9.86. The average Bonchev–Trinajstić information content (AvgIpc) is 2.55. The van der Waals surface area contributed by atoms with E-state index in [0.29, 0.717) is 5.92 Å². The van der Waals surface area contributed by atoms with E-state index in [0.717, 1.165) is 31.9 Å². The molecule has 0 N–H and O–H groups in total. The van der Waals surface area contributed by atoms with Gasteiger partial charge in [-0.15, -0.1) is 0 Å².